The minimum atomic E-state index is 0. The fourth-order valence-corrected chi connectivity index (χ4v) is 2.33. The lowest BCUT2D eigenvalue weighted by atomic mass is 10.1. The van der Waals surface area contributed by atoms with E-state index in [1.165, 1.54) is 4.88 Å². The van der Waals surface area contributed by atoms with Gasteiger partial charge in [-0.05, 0) is 39.1 Å². The zero-order valence-corrected chi connectivity index (χ0v) is 15.6. The zero-order chi connectivity index (χ0) is 13.6. The van der Waals surface area contributed by atoms with Crippen molar-refractivity contribution in [1.29, 1.82) is 0 Å². The van der Waals surface area contributed by atoms with E-state index in [4.69, 9.17) is 0 Å². The van der Waals surface area contributed by atoms with Crippen molar-refractivity contribution in [1.82, 2.24) is 10.6 Å². The molecule has 0 aliphatic rings. The molecule has 3 nitrogen and oxygen atoms in total. The van der Waals surface area contributed by atoms with E-state index in [0.717, 1.165) is 19.0 Å². The van der Waals surface area contributed by atoms with Gasteiger partial charge in [0, 0.05) is 22.9 Å². The second-order valence-corrected chi connectivity index (χ2v) is 6.49. The van der Waals surface area contributed by atoms with Crippen LogP contribution in [0.25, 0.3) is 0 Å². The molecule has 0 aliphatic carbocycles. The van der Waals surface area contributed by atoms with Gasteiger partial charge in [0.15, 0.2) is 5.96 Å². The Balaban J connectivity index is 0.00000324. The predicted molar refractivity (Wildman–Crippen MR) is 97.0 cm³/mol. The van der Waals surface area contributed by atoms with Crippen LogP contribution >= 0.6 is 35.3 Å². The monoisotopic (exact) mass is 395 g/mol. The third-order valence-electron chi connectivity index (χ3n) is 2.39. The molecule has 0 radical (unpaired) electrons. The highest BCUT2D eigenvalue weighted by Gasteiger charge is 2.12. The Hall–Kier alpha value is -0.300. The summed E-state index contributed by atoms with van der Waals surface area (Å²) in [5.74, 6) is 1.37. The molecule has 2 N–H and O–H groups in total. The molecule has 0 bridgehead atoms. The van der Waals surface area contributed by atoms with Crippen LogP contribution in [0.1, 0.15) is 45.4 Å². The molecule has 1 rings (SSSR count). The maximum atomic E-state index is 4.66. The molecule has 0 amide bonds. The SMILES string of the molecule is CCNC(=NCC(C)c1cccs1)NC(C)(C)C.I. The summed E-state index contributed by atoms with van der Waals surface area (Å²) < 4.78 is 0. The first-order valence-corrected chi connectivity index (χ1v) is 7.40. The van der Waals surface area contributed by atoms with Crippen LogP contribution in [0.3, 0.4) is 0 Å². The highest BCUT2D eigenvalue weighted by atomic mass is 127. The van der Waals surface area contributed by atoms with E-state index in [-0.39, 0.29) is 29.5 Å². The van der Waals surface area contributed by atoms with Gasteiger partial charge in [0.05, 0.1) is 6.54 Å². The molecule has 0 fully saturated rings. The first kappa shape index (κ1) is 18.7. The van der Waals surface area contributed by atoms with Crippen LogP contribution in [-0.4, -0.2) is 24.6 Å². The fourth-order valence-electron chi connectivity index (χ4n) is 1.55. The number of halogens is 1. The van der Waals surface area contributed by atoms with Gasteiger partial charge in [0.1, 0.15) is 0 Å². The summed E-state index contributed by atoms with van der Waals surface area (Å²) in [5.41, 5.74) is 0.0349. The standard InChI is InChI=1S/C14H25N3S.HI/c1-6-15-13(17-14(3,4)5)16-10-11(2)12-8-7-9-18-12;/h7-9,11H,6,10H2,1-5H3,(H2,15,16,17);1H. The van der Waals surface area contributed by atoms with Crippen molar-refractivity contribution in [3.63, 3.8) is 0 Å². The van der Waals surface area contributed by atoms with Crippen LogP contribution in [0.2, 0.25) is 0 Å². The predicted octanol–water partition coefficient (Wildman–Crippen LogP) is 3.82. The zero-order valence-electron chi connectivity index (χ0n) is 12.5. The summed E-state index contributed by atoms with van der Waals surface area (Å²) in [6.07, 6.45) is 0. The number of aliphatic imine (C=N–C) groups is 1. The van der Waals surface area contributed by atoms with Crippen LogP contribution in [0.5, 0.6) is 0 Å². The van der Waals surface area contributed by atoms with Gasteiger partial charge < -0.3 is 10.6 Å². The first-order valence-electron chi connectivity index (χ1n) is 6.52. The van der Waals surface area contributed by atoms with E-state index >= 15 is 0 Å². The number of guanidine groups is 1. The minimum absolute atomic E-state index is 0. The van der Waals surface area contributed by atoms with Gasteiger partial charge in [-0.2, -0.15) is 0 Å². The summed E-state index contributed by atoms with van der Waals surface area (Å²) in [5, 5.41) is 8.80. The van der Waals surface area contributed by atoms with Crippen molar-refractivity contribution in [2.75, 3.05) is 13.1 Å². The van der Waals surface area contributed by atoms with Crippen LogP contribution in [0.15, 0.2) is 22.5 Å². The Kier molecular flexibility index (Phi) is 8.65. The summed E-state index contributed by atoms with van der Waals surface area (Å²) in [6.45, 7) is 12.4. The highest BCUT2D eigenvalue weighted by Crippen LogP contribution is 2.20. The van der Waals surface area contributed by atoms with Crippen LogP contribution in [-0.2, 0) is 0 Å². The van der Waals surface area contributed by atoms with Crippen molar-refractivity contribution in [3.05, 3.63) is 22.4 Å². The molecule has 0 saturated carbocycles. The lowest BCUT2D eigenvalue weighted by Gasteiger charge is -2.24. The molecular weight excluding hydrogens is 369 g/mol. The van der Waals surface area contributed by atoms with E-state index in [1.807, 2.05) is 0 Å². The molecule has 1 aromatic rings. The number of nitrogens with one attached hydrogen (secondary N) is 2. The Morgan fingerprint density at radius 3 is 2.58 bits per heavy atom. The Bertz CT molecular complexity index is 369. The van der Waals surface area contributed by atoms with Gasteiger partial charge in [0.2, 0.25) is 0 Å². The molecular formula is C14H26IN3S. The third kappa shape index (κ3) is 7.77. The summed E-state index contributed by atoms with van der Waals surface area (Å²) in [4.78, 5) is 6.05. The van der Waals surface area contributed by atoms with E-state index < -0.39 is 0 Å². The molecule has 0 aliphatic heterocycles. The van der Waals surface area contributed by atoms with Gasteiger partial charge in [-0.15, -0.1) is 35.3 Å². The topological polar surface area (TPSA) is 36.4 Å². The van der Waals surface area contributed by atoms with Gasteiger partial charge in [-0.1, -0.05) is 13.0 Å². The van der Waals surface area contributed by atoms with Crippen LogP contribution in [0, 0.1) is 0 Å². The summed E-state index contributed by atoms with van der Waals surface area (Å²) in [7, 11) is 0. The molecule has 5 heteroatoms. The number of hydrogen-bond donors (Lipinski definition) is 2. The fraction of sp³-hybridized carbons (Fsp3) is 0.643. The number of thiophene rings is 1. The molecule has 1 aromatic heterocycles. The molecule has 1 atom stereocenters. The minimum Gasteiger partial charge on any atom is -0.357 e. The first-order chi connectivity index (χ1) is 8.42. The molecule has 0 saturated heterocycles. The maximum absolute atomic E-state index is 4.66. The average molecular weight is 395 g/mol. The summed E-state index contributed by atoms with van der Waals surface area (Å²) >= 11 is 1.80. The van der Waals surface area contributed by atoms with Crippen molar-refractivity contribution >= 4 is 41.3 Å². The Labute approximate surface area is 138 Å². The van der Waals surface area contributed by atoms with Crippen molar-refractivity contribution in [2.45, 2.75) is 46.1 Å². The van der Waals surface area contributed by atoms with Gasteiger partial charge in [0.25, 0.3) is 0 Å². The highest BCUT2D eigenvalue weighted by molar-refractivity contribution is 14.0. The Morgan fingerprint density at radius 2 is 2.11 bits per heavy atom. The number of nitrogens with zero attached hydrogens (tertiary/aromatic N) is 1. The molecule has 0 spiro atoms. The lowest BCUT2D eigenvalue weighted by molar-refractivity contribution is 0.501. The smallest absolute Gasteiger partial charge is 0.191 e. The molecule has 110 valence electrons. The van der Waals surface area contributed by atoms with Crippen LogP contribution in [0.4, 0.5) is 0 Å². The van der Waals surface area contributed by atoms with E-state index in [0.29, 0.717) is 5.92 Å². The van der Waals surface area contributed by atoms with Gasteiger partial charge in [-0.3, -0.25) is 4.99 Å². The Morgan fingerprint density at radius 1 is 1.42 bits per heavy atom. The summed E-state index contributed by atoms with van der Waals surface area (Å²) in [6, 6.07) is 4.27. The van der Waals surface area contributed by atoms with E-state index in [2.05, 4.69) is 67.8 Å². The second-order valence-electron chi connectivity index (χ2n) is 5.51. The molecule has 1 unspecified atom stereocenters. The van der Waals surface area contributed by atoms with Crippen molar-refractivity contribution < 1.29 is 0 Å². The second kappa shape index (κ2) is 8.79. The quantitative estimate of drug-likeness (QED) is 0.462. The number of hydrogen-bond acceptors (Lipinski definition) is 2. The van der Waals surface area contributed by atoms with Gasteiger partial charge >= 0.3 is 0 Å². The molecule has 19 heavy (non-hydrogen) atoms. The average Bonchev–Trinajstić information content (AvgIpc) is 2.77. The van der Waals surface area contributed by atoms with E-state index in [1.54, 1.807) is 11.3 Å². The normalized spacial score (nSPS) is 13.6. The van der Waals surface area contributed by atoms with Crippen molar-refractivity contribution in [2.24, 2.45) is 4.99 Å². The molecule has 1 heterocycles. The number of rotatable bonds is 4. The lowest BCUT2D eigenvalue weighted by Crippen LogP contribution is -2.47. The van der Waals surface area contributed by atoms with Crippen molar-refractivity contribution in [3.8, 4) is 0 Å². The van der Waals surface area contributed by atoms with Gasteiger partial charge in [-0.25, -0.2) is 0 Å². The third-order valence-corrected chi connectivity index (χ3v) is 3.49. The van der Waals surface area contributed by atoms with Crippen LogP contribution < -0.4 is 10.6 Å². The van der Waals surface area contributed by atoms with E-state index in [9.17, 15) is 0 Å². The maximum Gasteiger partial charge on any atom is 0.191 e. The largest absolute Gasteiger partial charge is 0.357 e. The molecule has 0 aromatic carbocycles.